The molecule has 0 atom stereocenters. The molecule has 0 aliphatic carbocycles. The molecule has 0 saturated heterocycles. The predicted octanol–water partition coefficient (Wildman–Crippen LogP) is 3.91. The first-order valence-corrected chi connectivity index (χ1v) is 5.99. The second-order valence-electron chi connectivity index (χ2n) is 3.78. The molecule has 0 spiro atoms. The van der Waals surface area contributed by atoms with E-state index in [0.29, 0.717) is 11.3 Å². The van der Waals surface area contributed by atoms with Crippen molar-refractivity contribution in [2.75, 3.05) is 5.32 Å². The van der Waals surface area contributed by atoms with Gasteiger partial charge in [-0.05, 0) is 47.5 Å². The number of carbonyl (C=O) groups is 1. The fourth-order valence-corrected chi connectivity index (χ4v) is 1.92. The highest BCUT2D eigenvalue weighted by Gasteiger charge is 2.13. The minimum Gasteiger partial charge on any atom is -0.469 e. The maximum absolute atomic E-state index is 12.0. The maximum Gasteiger partial charge on any atom is 0.259 e. The number of hydrogen-bond acceptors (Lipinski definition) is 2. The summed E-state index contributed by atoms with van der Waals surface area (Å²) in [4.78, 5) is 12.0. The molecule has 0 fully saturated rings. The molecule has 0 bridgehead atoms. The summed E-state index contributed by atoms with van der Waals surface area (Å²) in [6.07, 6.45) is 1.51. The van der Waals surface area contributed by atoms with Gasteiger partial charge in [0.1, 0.15) is 5.76 Å². The summed E-state index contributed by atoms with van der Waals surface area (Å²) in [5, 5.41) is 2.85. The molecule has 0 aliphatic rings. The molecule has 0 saturated carbocycles. The summed E-state index contributed by atoms with van der Waals surface area (Å²) < 4.78 is 6.00. The first-order valence-electron chi connectivity index (χ1n) is 5.20. The minimum absolute atomic E-state index is 0.164. The lowest BCUT2D eigenvalue weighted by atomic mass is 10.2. The van der Waals surface area contributed by atoms with Crippen LogP contribution in [0.2, 0.25) is 0 Å². The second-order valence-corrected chi connectivity index (χ2v) is 4.57. The van der Waals surface area contributed by atoms with E-state index in [1.165, 1.54) is 6.26 Å². The number of nitrogens with one attached hydrogen (secondary N) is 1. The Balaban J connectivity index is 2.25. The number of benzene rings is 1. The van der Waals surface area contributed by atoms with Crippen molar-refractivity contribution >= 4 is 27.5 Å². The number of rotatable bonds is 2. The van der Waals surface area contributed by atoms with Crippen molar-refractivity contribution in [3.05, 3.63) is 51.9 Å². The Bertz CT molecular complexity index is 560. The molecule has 1 amide bonds. The van der Waals surface area contributed by atoms with Gasteiger partial charge in [-0.25, -0.2) is 0 Å². The van der Waals surface area contributed by atoms with Crippen LogP contribution in [0.3, 0.4) is 0 Å². The van der Waals surface area contributed by atoms with Crippen molar-refractivity contribution in [2.24, 2.45) is 0 Å². The Morgan fingerprint density at radius 1 is 1.29 bits per heavy atom. The number of aryl methyl sites for hydroxylation is 2. The molecule has 0 aliphatic heterocycles. The Labute approximate surface area is 108 Å². The van der Waals surface area contributed by atoms with Gasteiger partial charge >= 0.3 is 0 Å². The largest absolute Gasteiger partial charge is 0.469 e. The van der Waals surface area contributed by atoms with E-state index in [9.17, 15) is 4.79 Å². The van der Waals surface area contributed by atoms with E-state index in [1.54, 1.807) is 13.0 Å². The van der Waals surface area contributed by atoms with Gasteiger partial charge in [-0.3, -0.25) is 4.79 Å². The molecule has 0 unspecified atom stereocenters. The monoisotopic (exact) mass is 293 g/mol. The highest BCUT2D eigenvalue weighted by Crippen LogP contribution is 2.26. The molecule has 4 heteroatoms. The molecule has 2 rings (SSSR count). The summed E-state index contributed by atoms with van der Waals surface area (Å²) >= 11 is 3.45. The molecule has 1 heterocycles. The summed E-state index contributed by atoms with van der Waals surface area (Å²) in [6, 6.07) is 7.39. The third-order valence-corrected chi connectivity index (χ3v) is 3.60. The molecule has 2 aromatic rings. The first kappa shape index (κ1) is 11.9. The minimum atomic E-state index is -0.164. The zero-order chi connectivity index (χ0) is 12.4. The number of amides is 1. The lowest BCUT2D eigenvalue weighted by Crippen LogP contribution is -2.12. The topological polar surface area (TPSA) is 42.2 Å². The number of furan rings is 1. The average Bonchev–Trinajstić information content (AvgIpc) is 2.71. The van der Waals surface area contributed by atoms with Crippen LogP contribution >= 0.6 is 15.9 Å². The van der Waals surface area contributed by atoms with Crippen molar-refractivity contribution in [1.82, 2.24) is 0 Å². The van der Waals surface area contributed by atoms with Gasteiger partial charge in [0, 0.05) is 4.47 Å². The van der Waals surface area contributed by atoms with E-state index in [-0.39, 0.29) is 5.91 Å². The quantitative estimate of drug-likeness (QED) is 0.912. The number of carbonyl (C=O) groups excluding carboxylic acids is 1. The number of anilines is 1. The van der Waals surface area contributed by atoms with Crippen molar-refractivity contribution in [2.45, 2.75) is 13.8 Å². The van der Waals surface area contributed by atoms with Gasteiger partial charge in [-0.15, -0.1) is 0 Å². The van der Waals surface area contributed by atoms with Gasteiger partial charge in [0.25, 0.3) is 5.91 Å². The van der Waals surface area contributed by atoms with Crippen LogP contribution in [0, 0.1) is 13.8 Å². The SMILES string of the molecule is Cc1cccc(NC(=O)c2ccoc2C)c1Br. The molecular formula is C13H12BrNO2. The van der Waals surface area contributed by atoms with Crippen LogP contribution in [0.5, 0.6) is 0 Å². The highest BCUT2D eigenvalue weighted by atomic mass is 79.9. The van der Waals surface area contributed by atoms with Crippen molar-refractivity contribution in [3.63, 3.8) is 0 Å². The molecule has 17 heavy (non-hydrogen) atoms. The lowest BCUT2D eigenvalue weighted by molar-refractivity contribution is 0.102. The molecule has 3 nitrogen and oxygen atoms in total. The van der Waals surface area contributed by atoms with Gasteiger partial charge in [-0.1, -0.05) is 12.1 Å². The van der Waals surface area contributed by atoms with Gasteiger partial charge in [-0.2, -0.15) is 0 Å². The van der Waals surface area contributed by atoms with E-state index >= 15 is 0 Å². The van der Waals surface area contributed by atoms with Crippen LogP contribution in [0.25, 0.3) is 0 Å². The Morgan fingerprint density at radius 3 is 2.71 bits per heavy atom. The molecule has 0 radical (unpaired) electrons. The van der Waals surface area contributed by atoms with Gasteiger partial charge < -0.3 is 9.73 Å². The van der Waals surface area contributed by atoms with E-state index in [0.717, 1.165) is 15.7 Å². The number of halogens is 1. The fraction of sp³-hybridized carbons (Fsp3) is 0.154. The lowest BCUT2D eigenvalue weighted by Gasteiger charge is -2.08. The van der Waals surface area contributed by atoms with Crippen LogP contribution in [0.4, 0.5) is 5.69 Å². The van der Waals surface area contributed by atoms with Crippen LogP contribution in [-0.4, -0.2) is 5.91 Å². The van der Waals surface area contributed by atoms with Crippen molar-refractivity contribution in [3.8, 4) is 0 Å². The van der Waals surface area contributed by atoms with Crippen LogP contribution in [0.15, 0.2) is 39.4 Å². The van der Waals surface area contributed by atoms with Gasteiger partial charge in [0.15, 0.2) is 0 Å². The van der Waals surface area contributed by atoms with Crippen molar-refractivity contribution in [1.29, 1.82) is 0 Å². The Hall–Kier alpha value is -1.55. The Morgan fingerprint density at radius 2 is 2.06 bits per heavy atom. The predicted molar refractivity (Wildman–Crippen MR) is 70.3 cm³/mol. The molecular weight excluding hydrogens is 282 g/mol. The highest BCUT2D eigenvalue weighted by molar-refractivity contribution is 9.10. The van der Waals surface area contributed by atoms with Crippen molar-refractivity contribution < 1.29 is 9.21 Å². The summed E-state index contributed by atoms with van der Waals surface area (Å²) in [7, 11) is 0. The van der Waals surface area contributed by atoms with E-state index in [2.05, 4.69) is 21.2 Å². The van der Waals surface area contributed by atoms with Gasteiger partial charge in [0.2, 0.25) is 0 Å². The molecule has 88 valence electrons. The summed E-state index contributed by atoms with van der Waals surface area (Å²) in [6.45, 7) is 3.74. The zero-order valence-electron chi connectivity index (χ0n) is 9.58. The van der Waals surface area contributed by atoms with Crippen LogP contribution in [0.1, 0.15) is 21.7 Å². The number of hydrogen-bond donors (Lipinski definition) is 1. The maximum atomic E-state index is 12.0. The van der Waals surface area contributed by atoms with Gasteiger partial charge in [0.05, 0.1) is 17.5 Å². The second kappa shape index (κ2) is 4.75. The average molecular weight is 294 g/mol. The standard InChI is InChI=1S/C13H12BrNO2/c1-8-4-3-5-11(12(8)14)15-13(16)10-6-7-17-9(10)2/h3-7H,1-2H3,(H,15,16). The van der Waals surface area contributed by atoms with E-state index in [1.807, 2.05) is 25.1 Å². The summed E-state index contributed by atoms with van der Waals surface area (Å²) in [5.41, 5.74) is 2.39. The molecule has 1 N–H and O–H groups in total. The first-order chi connectivity index (χ1) is 8.09. The van der Waals surface area contributed by atoms with Crippen LogP contribution in [-0.2, 0) is 0 Å². The zero-order valence-corrected chi connectivity index (χ0v) is 11.2. The normalized spacial score (nSPS) is 10.3. The molecule has 1 aromatic carbocycles. The smallest absolute Gasteiger partial charge is 0.259 e. The third kappa shape index (κ3) is 2.42. The Kier molecular flexibility index (Phi) is 3.33. The summed E-state index contributed by atoms with van der Waals surface area (Å²) in [5.74, 6) is 0.453. The fourth-order valence-electron chi connectivity index (χ4n) is 1.55. The van der Waals surface area contributed by atoms with E-state index in [4.69, 9.17) is 4.42 Å². The van der Waals surface area contributed by atoms with E-state index < -0.39 is 0 Å². The van der Waals surface area contributed by atoms with Crippen LogP contribution < -0.4 is 5.32 Å². The molecule has 1 aromatic heterocycles. The third-order valence-electron chi connectivity index (χ3n) is 2.54.